The minimum atomic E-state index is -0.0305. The summed E-state index contributed by atoms with van der Waals surface area (Å²) in [6, 6.07) is 7.41. The van der Waals surface area contributed by atoms with E-state index >= 15 is 0 Å². The summed E-state index contributed by atoms with van der Waals surface area (Å²) in [4.78, 5) is 30.2. The molecule has 0 saturated heterocycles. The van der Waals surface area contributed by atoms with Gasteiger partial charge in [-0.15, -0.1) is 0 Å². The van der Waals surface area contributed by atoms with Gasteiger partial charge in [0.25, 0.3) is 5.56 Å². The van der Waals surface area contributed by atoms with E-state index in [-0.39, 0.29) is 17.0 Å². The molecule has 2 aromatic rings. The number of benzene rings is 1. The normalized spacial score (nSPS) is 30.7. The molecule has 1 amide bonds. The van der Waals surface area contributed by atoms with Crippen LogP contribution in [0.4, 0.5) is 0 Å². The number of fused-ring (bicyclic) bond motifs is 1. The second-order valence-corrected chi connectivity index (χ2v) is 9.94. The fourth-order valence-electron chi connectivity index (χ4n) is 6.26. The summed E-state index contributed by atoms with van der Waals surface area (Å²) >= 11 is 1.38. The number of hydrogen-bond acceptors (Lipinski definition) is 4. The number of carbonyl (C=O) groups excluding carboxylic acids is 1. The third-order valence-electron chi connectivity index (χ3n) is 6.92. The summed E-state index contributed by atoms with van der Waals surface area (Å²) in [6.07, 6.45) is 7.57. The molecule has 0 unspecified atom stereocenters. The number of aromatic nitrogens is 2. The summed E-state index contributed by atoms with van der Waals surface area (Å²) in [7, 11) is 0. The Morgan fingerprint density at radius 2 is 1.82 bits per heavy atom. The van der Waals surface area contributed by atoms with E-state index in [1.807, 2.05) is 31.2 Å². The predicted molar refractivity (Wildman–Crippen MR) is 111 cm³/mol. The molecule has 6 heteroatoms. The third kappa shape index (κ3) is 3.15. The average Bonchev–Trinajstić information content (AvgIpc) is 2.65. The molecule has 4 saturated carbocycles. The molecule has 4 aliphatic rings. The molecular formula is C22H27N3O2S. The number of thioether (sulfide) groups is 1. The lowest BCUT2D eigenvalue weighted by atomic mass is 9.53. The number of hydrogen-bond donors (Lipinski definition) is 1. The zero-order chi connectivity index (χ0) is 19.3. The largest absolute Gasteiger partial charge is 0.350 e. The quantitative estimate of drug-likeness (QED) is 0.619. The molecule has 1 aromatic carbocycles. The van der Waals surface area contributed by atoms with Crippen LogP contribution in [-0.2, 0) is 11.3 Å². The fraction of sp³-hybridized carbons (Fsp3) is 0.591. The second kappa shape index (κ2) is 6.90. The standard InChI is InChI=1S/C22H27N3O2S/c1-2-25-20(27)17-5-3-4-6-18(17)23-21(25)28-13-19(26)24-22-10-14-7-15(11-22)9-16(8-14)12-22/h3-6,14-16H,2,7-13H2,1H3,(H,24,26). The molecule has 6 rings (SSSR count). The van der Waals surface area contributed by atoms with Gasteiger partial charge in [-0.3, -0.25) is 14.2 Å². The first-order chi connectivity index (χ1) is 13.5. The van der Waals surface area contributed by atoms with E-state index < -0.39 is 0 Å². The molecule has 0 atom stereocenters. The average molecular weight is 398 g/mol. The Labute approximate surface area is 169 Å². The Bertz CT molecular complexity index is 948. The molecule has 1 N–H and O–H groups in total. The van der Waals surface area contributed by atoms with Gasteiger partial charge in [0.15, 0.2) is 5.16 Å². The maximum atomic E-state index is 12.8. The molecule has 0 spiro atoms. The van der Waals surface area contributed by atoms with E-state index in [0.717, 1.165) is 37.0 Å². The first-order valence-corrected chi connectivity index (χ1v) is 11.5. The highest BCUT2D eigenvalue weighted by Gasteiger charge is 2.51. The lowest BCUT2D eigenvalue weighted by Gasteiger charge is -2.56. The maximum absolute atomic E-state index is 12.8. The zero-order valence-electron chi connectivity index (χ0n) is 16.3. The molecule has 1 aromatic heterocycles. The first-order valence-electron chi connectivity index (χ1n) is 10.5. The molecule has 4 fully saturated rings. The van der Waals surface area contributed by atoms with Crippen molar-refractivity contribution in [1.29, 1.82) is 0 Å². The number of nitrogens with one attached hydrogen (secondary N) is 1. The number of para-hydroxylation sites is 1. The van der Waals surface area contributed by atoms with Gasteiger partial charge in [-0.1, -0.05) is 23.9 Å². The Hall–Kier alpha value is -1.82. The van der Waals surface area contributed by atoms with Crippen LogP contribution >= 0.6 is 11.8 Å². The molecular weight excluding hydrogens is 370 g/mol. The first kappa shape index (κ1) is 18.2. The van der Waals surface area contributed by atoms with Gasteiger partial charge < -0.3 is 5.32 Å². The summed E-state index contributed by atoms with van der Waals surface area (Å²) < 4.78 is 1.67. The van der Waals surface area contributed by atoms with Gasteiger partial charge in [0.05, 0.1) is 16.7 Å². The van der Waals surface area contributed by atoms with E-state index in [9.17, 15) is 9.59 Å². The Morgan fingerprint density at radius 3 is 2.46 bits per heavy atom. The number of amides is 1. The van der Waals surface area contributed by atoms with Crippen molar-refractivity contribution in [2.75, 3.05) is 5.75 Å². The highest BCUT2D eigenvalue weighted by atomic mass is 32.2. The van der Waals surface area contributed by atoms with Crippen LogP contribution in [0.1, 0.15) is 45.4 Å². The van der Waals surface area contributed by atoms with Crippen molar-refractivity contribution >= 4 is 28.6 Å². The van der Waals surface area contributed by atoms with Crippen molar-refractivity contribution in [3.63, 3.8) is 0 Å². The number of nitrogens with zero attached hydrogens (tertiary/aromatic N) is 2. The van der Waals surface area contributed by atoms with Gasteiger partial charge in [-0.05, 0) is 75.3 Å². The van der Waals surface area contributed by atoms with Crippen LogP contribution in [0, 0.1) is 17.8 Å². The highest BCUT2D eigenvalue weighted by molar-refractivity contribution is 7.99. The van der Waals surface area contributed by atoms with Gasteiger partial charge in [-0.25, -0.2) is 4.98 Å². The second-order valence-electron chi connectivity index (χ2n) is 9.00. The van der Waals surface area contributed by atoms with Gasteiger partial charge in [0.2, 0.25) is 5.91 Å². The van der Waals surface area contributed by atoms with Crippen molar-refractivity contribution in [2.45, 2.75) is 62.7 Å². The van der Waals surface area contributed by atoms with Crippen LogP contribution in [-0.4, -0.2) is 26.8 Å². The number of carbonyl (C=O) groups is 1. The van der Waals surface area contributed by atoms with Crippen molar-refractivity contribution in [3.05, 3.63) is 34.6 Å². The van der Waals surface area contributed by atoms with Gasteiger partial charge in [0.1, 0.15) is 0 Å². The lowest BCUT2D eigenvalue weighted by Crippen LogP contribution is -2.60. The van der Waals surface area contributed by atoms with Crippen LogP contribution in [0.15, 0.2) is 34.2 Å². The SMILES string of the molecule is CCn1c(SCC(=O)NC23CC4CC(CC(C4)C2)C3)nc2ccccc2c1=O. The minimum absolute atomic E-state index is 0.0305. The van der Waals surface area contributed by atoms with Crippen LogP contribution in [0.25, 0.3) is 10.9 Å². The van der Waals surface area contributed by atoms with Crippen LogP contribution in [0.3, 0.4) is 0 Å². The summed E-state index contributed by atoms with van der Waals surface area (Å²) in [5.74, 6) is 2.83. The summed E-state index contributed by atoms with van der Waals surface area (Å²) in [5, 5.41) is 4.67. The van der Waals surface area contributed by atoms with Crippen LogP contribution in [0.2, 0.25) is 0 Å². The predicted octanol–water partition coefficient (Wildman–Crippen LogP) is 3.59. The smallest absolute Gasteiger partial charge is 0.262 e. The molecule has 0 aliphatic heterocycles. The summed E-state index contributed by atoms with van der Waals surface area (Å²) in [6.45, 7) is 2.49. The lowest BCUT2D eigenvalue weighted by molar-refractivity contribution is -0.124. The van der Waals surface area contributed by atoms with Crippen molar-refractivity contribution in [1.82, 2.24) is 14.9 Å². The van der Waals surface area contributed by atoms with E-state index in [4.69, 9.17) is 0 Å². The third-order valence-corrected chi connectivity index (χ3v) is 7.89. The Morgan fingerprint density at radius 1 is 1.18 bits per heavy atom. The minimum Gasteiger partial charge on any atom is -0.350 e. The Kier molecular flexibility index (Phi) is 4.49. The molecule has 0 radical (unpaired) electrons. The van der Waals surface area contributed by atoms with E-state index in [2.05, 4.69) is 10.3 Å². The molecule has 28 heavy (non-hydrogen) atoms. The van der Waals surface area contributed by atoms with E-state index in [1.54, 1.807) is 4.57 Å². The topological polar surface area (TPSA) is 64.0 Å². The summed E-state index contributed by atoms with van der Waals surface area (Å²) in [5.41, 5.74) is 0.700. The molecule has 4 bridgehead atoms. The monoisotopic (exact) mass is 397 g/mol. The molecule has 148 valence electrons. The van der Waals surface area contributed by atoms with Gasteiger partial charge >= 0.3 is 0 Å². The van der Waals surface area contributed by atoms with E-state index in [1.165, 1.54) is 31.0 Å². The van der Waals surface area contributed by atoms with Crippen molar-refractivity contribution in [3.8, 4) is 0 Å². The molecule has 4 aliphatic carbocycles. The Balaban J connectivity index is 1.31. The molecule has 1 heterocycles. The van der Waals surface area contributed by atoms with Crippen molar-refractivity contribution in [2.24, 2.45) is 17.8 Å². The van der Waals surface area contributed by atoms with Gasteiger partial charge in [0, 0.05) is 12.1 Å². The zero-order valence-corrected chi connectivity index (χ0v) is 17.1. The number of rotatable bonds is 5. The van der Waals surface area contributed by atoms with Crippen LogP contribution < -0.4 is 10.9 Å². The van der Waals surface area contributed by atoms with E-state index in [0.29, 0.717) is 28.4 Å². The van der Waals surface area contributed by atoms with Crippen molar-refractivity contribution < 1.29 is 4.79 Å². The maximum Gasteiger partial charge on any atom is 0.262 e. The van der Waals surface area contributed by atoms with Gasteiger partial charge in [-0.2, -0.15) is 0 Å². The highest BCUT2D eigenvalue weighted by Crippen LogP contribution is 2.55. The van der Waals surface area contributed by atoms with Crippen LogP contribution in [0.5, 0.6) is 0 Å². The fourth-order valence-corrected chi connectivity index (χ4v) is 7.13. The molecule has 5 nitrogen and oxygen atoms in total.